The topological polar surface area (TPSA) is 91.3 Å². The van der Waals surface area contributed by atoms with Gasteiger partial charge in [0.25, 0.3) is 0 Å². The maximum atomic E-state index is 11.4. The third-order valence-corrected chi connectivity index (χ3v) is 3.17. The zero-order chi connectivity index (χ0) is 15.0. The summed E-state index contributed by atoms with van der Waals surface area (Å²) in [5.74, 6) is -1.15. The summed E-state index contributed by atoms with van der Waals surface area (Å²) >= 11 is 5.94. The van der Waals surface area contributed by atoms with E-state index in [0.29, 0.717) is 16.3 Å². The van der Waals surface area contributed by atoms with Crippen LogP contribution in [-0.4, -0.2) is 25.7 Å². The number of nitriles is 1. The van der Waals surface area contributed by atoms with E-state index in [-0.39, 0.29) is 16.9 Å². The predicted molar refractivity (Wildman–Crippen MR) is 75.1 cm³/mol. The van der Waals surface area contributed by atoms with Crippen molar-refractivity contribution in [3.63, 3.8) is 0 Å². The lowest BCUT2D eigenvalue weighted by Gasteiger charge is -2.05. The molecule has 102 valence electrons. The molecule has 0 bridgehead atoms. The summed E-state index contributed by atoms with van der Waals surface area (Å²) in [4.78, 5) is 15.7. The monoisotopic (exact) mass is 298 g/mol. The highest BCUT2D eigenvalue weighted by Crippen LogP contribution is 2.23. The molecule has 0 radical (unpaired) electrons. The average Bonchev–Trinajstić information content (AvgIpc) is 2.89. The van der Waals surface area contributed by atoms with Crippen molar-refractivity contribution in [1.29, 1.82) is 5.26 Å². The Morgan fingerprint density at radius 1 is 1.38 bits per heavy atom. The van der Waals surface area contributed by atoms with Crippen molar-refractivity contribution in [2.75, 3.05) is 0 Å². The van der Waals surface area contributed by atoms with E-state index in [1.807, 2.05) is 6.07 Å². The second-order valence-electron chi connectivity index (χ2n) is 4.25. The fraction of sp³-hybridized carbons (Fsp3) is 0. The van der Waals surface area contributed by atoms with E-state index in [2.05, 4.69) is 10.1 Å². The zero-order valence-corrected chi connectivity index (χ0v) is 11.2. The van der Waals surface area contributed by atoms with Crippen LogP contribution in [0.3, 0.4) is 0 Å². The first-order chi connectivity index (χ1) is 10.1. The summed E-state index contributed by atoms with van der Waals surface area (Å²) in [5, 5.41) is 22.7. The molecule has 0 saturated heterocycles. The molecule has 0 aliphatic rings. The van der Waals surface area contributed by atoms with E-state index in [9.17, 15) is 9.90 Å². The van der Waals surface area contributed by atoms with Crippen molar-refractivity contribution in [2.45, 2.75) is 0 Å². The Balaban J connectivity index is 2.34. The van der Waals surface area contributed by atoms with Gasteiger partial charge in [-0.3, -0.25) is 0 Å². The number of nitrogens with zero attached hydrogens (tertiary/aromatic N) is 4. The van der Waals surface area contributed by atoms with Crippen molar-refractivity contribution in [2.24, 2.45) is 0 Å². The van der Waals surface area contributed by atoms with Crippen LogP contribution in [0.2, 0.25) is 5.02 Å². The van der Waals surface area contributed by atoms with Gasteiger partial charge in [0, 0.05) is 10.6 Å². The molecule has 3 aromatic rings. The van der Waals surface area contributed by atoms with Crippen molar-refractivity contribution in [1.82, 2.24) is 14.6 Å². The van der Waals surface area contributed by atoms with E-state index in [0.717, 1.165) is 4.52 Å². The number of aromatic carboxylic acids is 1. The van der Waals surface area contributed by atoms with Gasteiger partial charge in [0.1, 0.15) is 11.6 Å². The molecule has 2 aromatic heterocycles. The Hall–Kier alpha value is -2.91. The molecule has 3 rings (SSSR count). The highest BCUT2D eigenvalue weighted by molar-refractivity contribution is 6.30. The minimum Gasteiger partial charge on any atom is -0.477 e. The van der Waals surface area contributed by atoms with Crippen molar-refractivity contribution in [3.8, 4) is 17.3 Å². The first-order valence-electron chi connectivity index (χ1n) is 5.88. The molecule has 1 aromatic carbocycles. The van der Waals surface area contributed by atoms with Crippen LogP contribution in [0.1, 0.15) is 16.1 Å². The van der Waals surface area contributed by atoms with Crippen LogP contribution in [0.4, 0.5) is 0 Å². The molecule has 7 heteroatoms. The number of benzene rings is 1. The number of fused-ring (bicyclic) bond motifs is 1. The van der Waals surface area contributed by atoms with Gasteiger partial charge >= 0.3 is 5.97 Å². The molecule has 6 nitrogen and oxygen atoms in total. The Bertz CT molecular complexity index is 911. The van der Waals surface area contributed by atoms with Gasteiger partial charge in [-0.2, -0.15) is 10.4 Å². The molecule has 0 unspecified atom stereocenters. The van der Waals surface area contributed by atoms with Gasteiger partial charge in [-0.15, -0.1) is 0 Å². The lowest BCUT2D eigenvalue weighted by molar-refractivity contribution is 0.0687. The van der Waals surface area contributed by atoms with Crippen LogP contribution in [0.25, 0.3) is 16.9 Å². The number of carboxylic acid groups (broad SMARTS) is 1. The smallest absolute Gasteiger partial charge is 0.354 e. The van der Waals surface area contributed by atoms with Gasteiger partial charge in [0.2, 0.25) is 0 Å². The lowest BCUT2D eigenvalue weighted by Crippen LogP contribution is -2.08. The molecule has 1 N–H and O–H groups in total. The number of carboxylic acids is 1. The van der Waals surface area contributed by atoms with E-state index in [4.69, 9.17) is 16.9 Å². The Morgan fingerprint density at radius 3 is 2.86 bits per heavy atom. The summed E-state index contributed by atoms with van der Waals surface area (Å²) in [5.41, 5.74) is 1.42. The van der Waals surface area contributed by atoms with Gasteiger partial charge in [0.15, 0.2) is 11.3 Å². The maximum Gasteiger partial charge on any atom is 0.354 e. The number of carbonyl (C=O) groups is 1. The quantitative estimate of drug-likeness (QED) is 0.785. The van der Waals surface area contributed by atoms with Crippen LogP contribution in [0.15, 0.2) is 36.5 Å². The van der Waals surface area contributed by atoms with E-state index >= 15 is 0 Å². The zero-order valence-electron chi connectivity index (χ0n) is 10.5. The first kappa shape index (κ1) is 13.1. The van der Waals surface area contributed by atoms with E-state index < -0.39 is 5.97 Å². The van der Waals surface area contributed by atoms with Crippen LogP contribution >= 0.6 is 11.6 Å². The number of halogens is 1. The molecule has 2 heterocycles. The van der Waals surface area contributed by atoms with Crippen LogP contribution in [0.5, 0.6) is 0 Å². The van der Waals surface area contributed by atoms with Crippen LogP contribution in [-0.2, 0) is 0 Å². The van der Waals surface area contributed by atoms with Gasteiger partial charge in [0.05, 0.1) is 11.9 Å². The number of hydrogen-bond acceptors (Lipinski definition) is 4. The Morgan fingerprint density at radius 2 is 2.19 bits per heavy atom. The lowest BCUT2D eigenvalue weighted by atomic mass is 10.1. The molecular formula is C14H7ClN4O2. The number of aromatic nitrogens is 3. The minimum absolute atomic E-state index is 0.0727. The molecule has 0 aliphatic carbocycles. The molecule has 21 heavy (non-hydrogen) atoms. The van der Waals surface area contributed by atoms with Crippen molar-refractivity contribution in [3.05, 3.63) is 52.8 Å². The van der Waals surface area contributed by atoms with Gasteiger partial charge in [-0.1, -0.05) is 23.7 Å². The van der Waals surface area contributed by atoms with Crippen LogP contribution < -0.4 is 0 Å². The highest BCUT2D eigenvalue weighted by atomic mass is 35.5. The molecule has 0 atom stereocenters. The minimum atomic E-state index is -1.15. The summed E-state index contributed by atoms with van der Waals surface area (Å²) in [6.45, 7) is 0. The SMILES string of the molecule is N#Cc1cnn2c(C(=O)O)cc(-c3cccc(Cl)c3)nc12. The fourth-order valence-electron chi connectivity index (χ4n) is 1.99. The molecular weight excluding hydrogens is 292 g/mol. The van der Waals surface area contributed by atoms with E-state index in [1.165, 1.54) is 12.3 Å². The number of hydrogen-bond donors (Lipinski definition) is 1. The van der Waals surface area contributed by atoms with Gasteiger partial charge in [-0.05, 0) is 18.2 Å². The van der Waals surface area contributed by atoms with Gasteiger partial charge in [-0.25, -0.2) is 14.3 Å². The van der Waals surface area contributed by atoms with Crippen molar-refractivity contribution >= 4 is 23.2 Å². The largest absolute Gasteiger partial charge is 0.477 e. The molecule has 0 aliphatic heterocycles. The number of rotatable bonds is 2. The third kappa shape index (κ3) is 2.20. The first-order valence-corrected chi connectivity index (χ1v) is 6.26. The molecule has 0 saturated carbocycles. The average molecular weight is 299 g/mol. The fourth-order valence-corrected chi connectivity index (χ4v) is 2.18. The van der Waals surface area contributed by atoms with Crippen LogP contribution in [0, 0.1) is 11.3 Å². The summed E-state index contributed by atoms with van der Waals surface area (Å²) < 4.78 is 1.13. The summed E-state index contributed by atoms with van der Waals surface area (Å²) in [6, 6.07) is 10.2. The summed E-state index contributed by atoms with van der Waals surface area (Å²) in [6.07, 6.45) is 1.29. The second kappa shape index (κ2) is 4.89. The maximum absolute atomic E-state index is 11.4. The molecule has 0 fully saturated rings. The highest BCUT2D eigenvalue weighted by Gasteiger charge is 2.16. The Labute approximate surface area is 123 Å². The normalized spacial score (nSPS) is 10.5. The van der Waals surface area contributed by atoms with Crippen molar-refractivity contribution < 1.29 is 9.90 Å². The second-order valence-corrected chi connectivity index (χ2v) is 4.68. The molecule has 0 amide bonds. The molecule has 0 spiro atoms. The third-order valence-electron chi connectivity index (χ3n) is 2.93. The Kier molecular flexibility index (Phi) is 3.05. The van der Waals surface area contributed by atoms with E-state index in [1.54, 1.807) is 24.3 Å². The summed E-state index contributed by atoms with van der Waals surface area (Å²) in [7, 11) is 0. The van der Waals surface area contributed by atoms with Gasteiger partial charge < -0.3 is 5.11 Å². The predicted octanol–water partition coefficient (Wildman–Crippen LogP) is 2.62. The standard InChI is InChI=1S/C14H7ClN4O2/c15-10-3-1-2-8(4-10)11-5-12(14(20)21)19-13(18-11)9(6-16)7-17-19/h1-5,7H,(H,20,21).